The number of aliphatic hydroxyl groups is 1. The third kappa shape index (κ3) is 2.68. The molecule has 4 nitrogen and oxygen atoms in total. The summed E-state index contributed by atoms with van der Waals surface area (Å²) in [4.78, 5) is 11.8. The van der Waals surface area contributed by atoms with Gasteiger partial charge in [0.1, 0.15) is 6.61 Å². The van der Waals surface area contributed by atoms with Crippen molar-refractivity contribution >= 4 is 5.97 Å². The van der Waals surface area contributed by atoms with Gasteiger partial charge in [-0.05, 0) is 27.2 Å². The van der Waals surface area contributed by atoms with Gasteiger partial charge in [-0.15, -0.1) is 0 Å². The van der Waals surface area contributed by atoms with Crippen LogP contribution in [0.25, 0.3) is 0 Å². The molecule has 0 aromatic heterocycles. The zero-order valence-corrected chi connectivity index (χ0v) is 12.7. The Morgan fingerprint density at radius 3 is 2.18 bits per heavy atom. The largest absolute Gasteiger partial charge is 0.464 e. The summed E-state index contributed by atoms with van der Waals surface area (Å²) in [6.07, 6.45) is -5.32. The maximum absolute atomic E-state index is 14.1. The molecule has 9 heteroatoms. The van der Waals surface area contributed by atoms with Crippen molar-refractivity contribution in [2.45, 2.75) is 52.0 Å². The number of esters is 1. The van der Waals surface area contributed by atoms with E-state index in [9.17, 15) is 31.9 Å². The molecular formula is C13H19F5O4. The predicted molar refractivity (Wildman–Crippen MR) is 65.0 cm³/mol. The van der Waals surface area contributed by atoms with E-state index in [2.05, 4.69) is 4.74 Å². The van der Waals surface area contributed by atoms with Crippen molar-refractivity contribution in [2.75, 3.05) is 13.2 Å². The van der Waals surface area contributed by atoms with Crippen LogP contribution >= 0.6 is 0 Å². The van der Waals surface area contributed by atoms with Crippen molar-refractivity contribution < 1.29 is 41.3 Å². The van der Waals surface area contributed by atoms with Crippen LogP contribution in [0, 0.1) is 10.8 Å². The first-order valence-electron chi connectivity index (χ1n) is 6.63. The van der Waals surface area contributed by atoms with Crippen LogP contribution in [0.2, 0.25) is 0 Å². The van der Waals surface area contributed by atoms with Crippen molar-refractivity contribution in [1.82, 2.24) is 0 Å². The van der Waals surface area contributed by atoms with Gasteiger partial charge in [-0.2, -0.15) is 22.0 Å². The highest BCUT2D eigenvalue weighted by Crippen LogP contribution is 2.57. The number of alkyl halides is 5. The molecule has 0 radical (unpaired) electrons. The molecule has 22 heavy (non-hydrogen) atoms. The van der Waals surface area contributed by atoms with Gasteiger partial charge in [0, 0.05) is 0 Å². The Hall–Kier alpha value is -0.960. The summed E-state index contributed by atoms with van der Waals surface area (Å²) in [5.74, 6) is -10.1. The molecule has 1 aliphatic heterocycles. The highest BCUT2D eigenvalue weighted by atomic mass is 19.4. The standard InChI is InChI=1S/C13H19F5O4/c1-5-9(2,3)8(19)21-6-10(4)7-22-12(20,11(10,14)15)13(16,17)18/h20H,5-7H2,1-4H3. The molecular weight excluding hydrogens is 315 g/mol. The Morgan fingerprint density at radius 1 is 1.32 bits per heavy atom. The van der Waals surface area contributed by atoms with Crippen LogP contribution in [0.15, 0.2) is 0 Å². The van der Waals surface area contributed by atoms with Gasteiger partial charge in [0.2, 0.25) is 0 Å². The van der Waals surface area contributed by atoms with Gasteiger partial charge in [-0.25, -0.2) is 0 Å². The van der Waals surface area contributed by atoms with Crippen molar-refractivity contribution in [3.8, 4) is 0 Å². The van der Waals surface area contributed by atoms with E-state index in [0.29, 0.717) is 6.42 Å². The summed E-state index contributed by atoms with van der Waals surface area (Å²) in [5.41, 5.74) is -3.44. The quantitative estimate of drug-likeness (QED) is 0.634. The SMILES string of the molecule is CCC(C)(C)C(=O)OCC1(C)COC(O)(C(F)(F)F)C1(F)F. The van der Waals surface area contributed by atoms with Gasteiger partial charge in [-0.1, -0.05) is 6.92 Å². The lowest BCUT2D eigenvalue weighted by molar-refractivity contribution is -0.408. The molecule has 0 amide bonds. The van der Waals surface area contributed by atoms with Gasteiger partial charge in [0.05, 0.1) is 17.4 Å². The first-order chi connectivity index (χ1) is 9.65. The van der Waals surface area contributed by atoms with E-state index in [1.807, 2.05) is 0 Å². The maximum atomic E-state index is 14.1. The van der Waals surface area contributed by atoms with E-state index in [4.69, 9.17) is 4.74 Å². The molecule has 1 N–H and O–H groups in total. The Bertz CT molecular complexity index is 448. The second-order valence-electron chi connectivity index (χ2n) is 6.38. The Kier molecular flexibility index (Phi) is 4.59. The van der Waals surface area contributed by atoms with E-state index < -0.39 is 47.9 Å². The van der Waals surface area contributed by atoms with E-state index in [1.54, 1.807) is 6.92 Å². The van der Waals surface area contributed by atoms with Gasteiger partial charge in [0.25, 0.3) is 0 Å². The molecule has 130 valence electrons. The number of hydrogen-bond acceptors (Lipinski definition) is 4. The van der Waals surface area contributed by atoms with E-state index in [1.165, 1.54) is 13.8 Å². The summed E-state index contributed by atoms with van der Waals surface area (Å²) >= 11 is 0. The highest BCUT2D eigenvalue weighted by Gasteiger charge is 2.81. The molecule has 1 saturated heterocycles. The summed E-state index contributed by atoms with van der Waals surface area (Å²) in [5, 5.41) is 9.22. The highest BCUT2D eigenvalue weighted by molar-refractivity contribution is 5.75. The molecule has 0 saturated carbocycles. The minimum absolute atomic E-state index is 0.363. The van der Waals surface area contributed by atoms with Gasteiger partial charge in [-0.3, -0.25) is 4.79 Å². The lowest BCUT2D eigenvalue weighted by Gasteiger charge is -2.36. The Morgan fingerprint density at radius 2 is 1.82 bits per heavy atom. The molecule has 1 aliphatic rings. The van der Waals surface area contributed by atoms with E-state index in [-0.39, 0.29) is 0 Å². The number of hydrogen-bond donors (Lipinski definition) is 1. The molecule has 1 rings (SSSR count). The summed E-state index contributed by atoms with van der Waals surface area (Å²) in [6.45, 7) is 3.39. The molecule has 1 fully saturated rings. The average molecular weight is 334 g/mol. The molecule has 0 aromatic carbocycles. The van der Waals surface area contributed by atoms with Crippen LogP contribution in [-0.4, -0.2) is 42.2 Å². The smallest absolute Gasteiger partial charge is 0.449 e. The van der Waals surface area contributed by atoms with Crippen LogP contribution in [0.5, 0.6) is 0 Å². The fraction of sp³-hybridized carbons (Fsp3) is 0.923. The monoisotopic (exact) mass is 334 g/mol. The second-order valence-corrected chi connectivity index (χ2v) is 6.38. The minimum Gasteiger partial charge on any atom is -0.464 e. The fourth-order valence-electron chi connectivity index (χ4n) is 1.81. The minimum atomic E-state index is -5.68. The molecule has 0 aromatic rings. The van der Waals surface area contributed by atoms with Crippen LogP contribution in [0.1, 0.15) is 34.1 Å². The van der Waals surface area contributed by atoms with Crippen molar-refractivity contribution in [3.63, 3.8) is 0 Å². The van der Waals surface area contributed by atoms with Crippen LogP contribution < -0.4 is 0 Å². The number of rotatable bonds is 4. The summed E-state index contributed by atoms with van der Waals surface area (Å²) in [7, 11) is 0. The van der Waals surface area contributed by atoms with Crippen LogP contribution in [-0.2, 0) is 14.3 Å². The third-order valence-corrected chi connectivity index (χ3v) is 4.13. The number of halogens is 5. The topological polar surface area (TPSA) is 55.8 Å². The van der Waals surface area contributed by atoms with Crippen LogP contribution in [0.4, 0.5) is 22.0 Å². The van der Waals surface area contributed by atoms with Gasteiger partial charge < -0.3 is 14.6 Å². The molecule has 2 unspecified atom stereocenters. The maximum Gasteiger partial charge on any atom is 0.449 e. The van der Waals surface area contributed by atoms with E-state index >= 15 is 0 Å². The Labute approximate surface area is 124 Å². The first-order valence-corrected chi connectivity index (χ1v) is 6.63. The summed E-state index contributed by atoms with van der Waals surface area (Å²) in [6, 6.07) is 0. The Balaban J connectivity index is 2.95. The first kappa shape index (κ1) is 19.1. The lowest BCUT2D eigenvalue weighted by atomic mass is 9.82. The normalized spacial score (nSPS) is 32.1. The number of carbonyl (C=O) groups is 1. The fourth-order valence-corrected chi connectivity index (χ4v) is 1.81. The van der Waals surface area contributed by atoms with Crippen molar-refractivity contribution in [2.24, 2.45) is 10.8 Å². The lowest BCUT2D eigenvalue weighted by Crippen LogP contribution is -2.61. The average Bonchev–Trinajstić information content (AvgIpc) is 2.57. The molecule has 1 heterocycles. The predicted octanol–water partition coefficient (Wildman–Crippen LogP) is 2.89. The van der Waals surface area contributed by atoms with Crippen molar-refractivity contribution in [3.05, 3.63) is 0 Å². The zero-order chi connectivity index (χ0) is 17.6. The molecule has 0 spiro atoms. The molecule has 0 bridgehead atoms. The summed E-state index contributed by atoms with van der Waals surface area (Å²) < 4.78 is 74.9. The number of carbonyl (C=O) groups excluding carboxylic acids is 1. The zero-order valence-electron chi connectivity index (χ0n) is 12.7. The second kappa shape index (κ2) is 5.30. The van der Waals surface area contributed by atoms with Gasteiger partial charge >= 0.3 is 23.9 Å². The van der Waals surface area contributed by atoms with Crippen LogP contribution in [0.3, 0.4) is 0 Å². The molecule has 2 atom stereocenters. The molecule has 0 aliphatic carbocycles. The number of ether oxygens (including phenoxy) is 2. The third-order valence-electron chi connectivity index (χ3n) is 4.13. The van der Waals surface area contributed by atoms with Crippen molar-refractivity contribution in [1.29, 1.82) is 0 Å². The van der Waals surface area contributed by atoms with Gasteiger partial charge in [0.15, 0.2) is 0 Å². The van der Waals surface area contributed by atoms with E-state index in [0.717, 1.165) is 6.92 Å².